The Labute approximate surface area is 201 Å². The molecule has 0 aromatic carbocycles. The van der Waals surface area contributed by atoms with Crippen LogP contribution in [0.1, 0.15) is 70.3 Å². The molecule has 2 aliphatic rings. The van der Waals surface area contributed by atoms with Gasteiger partial charge < -0.3 is 29.9 Å². The third kappa shape index (κ3) is 7.01. The van der Waals surface area contributed by atoms with Crippen molar-refractivity contribution in [1.29, 1.82) is 0 Å². The number of rotatable bonds is 10. The number of methoxy groups -OCH3 is 1. The molecule has 0 aromatic heterocycles. The van der Waals surface area contributed by atoms with Crippen molar-refractivity contribution in [2.24, 2.45) is 29.6 Å². The number of hydrogen-bond acceptors (Lipinski definition) is 8. The number of carbonyl (C=O) groups is 2. The monoisotopic (exact) mass is 473 g/mol. The lowest BCUT2D eigenvalue weighted by Gasteiger charge is -2.49. The lowest BCUT2D eigenvalue weighted by atomic mass is 9.61. The Kier molecular flexibility index (Phi) is 8.67. The predicted octanol–water partition coefficient (Wildman–Crippen LogP) is 1.97. The standard InChI is InChI=1S/C25H42O8/c1-6-13(2)25(31)33-21-9-14(3)24(30)19-12-20(28)15(4)18(23(19)21)8-7-16(26)10-17(27)11-22(29)32-5/h12-18,20-21,23-24,26-28,30H,6-11H2,1-5H3/t13-,14+,15+,16+,17+,18-,20+,21-,23+,24-/m0/s1/i5D3. The van der Waals surface area contributed by atoms with Crippen molar-refractivity contribution in [3.8, 4) is 0 Å². The van der Waals surface area contributed by atoms with Crippen molar-refractivity contribution < 1.29 is 43.6 Å². The van der Waals surface area contributed by atoms with Gasteiger partial charge in [0.05, 0.1) is 47.9 Å². The molecule has 0 spiro atoms. The van der Waals surface area contributed by atoms with Crippen LogP contribution >= 0.6 is 0 Å². The lowest BCUT2D eigenvalue weighted by molar-refractivity contribution is -0.162. The number of fused-ring (bicyclic) bond motifs is 1. The summed E-state index contributed by atoms with van der Waals surface area (Å²) in [6.45, 7) is 7.48. The second kappa shape index (κ2) is 12.3. The quantitative estimate of drug-likeness (QED) is 0.280. The van der Waals surface area contributed by atoms with Gasteiger partial charge in [-0.2, -0.15) is 0 Å². The van der Waals surface area contributed by atoms with E-state index >= 15 is 0 Å². The summed E-state index contributed by atoms with van der Waals surface area (Å²) < 4.78 is 31.0. The summed E-state index contributed by atoms with van der Waals surface area (Å²) in [5.74, 6) is -2.53. The van der Waals surface area contributed by atoms with Crippen LogP contribution in [0.15, 0.2) is 11.6 Å². The molecule has 2 rings (SSSR count). The summed E-state index contributed by atoms with van der Waals surface area (Å²) in [4.78, 5) is 24.2. The first-order chi connectivity index (χ1) is 16.6. The van der Waals surface area contributed by atoms with E-state index in [2.05, 4.69) is 4.74 Å². The van der Waals surface area contributed by atoms with Gasteiger partial charge in [0.15, 0.2) is 0 Å². The fourth-order valence-electron chi connectivity index (χ4n) is 5.17. The van der Waals surface area contributed by atoms with E-state index in [1.54, 1.807) is 13.0 Å². The van der Waals surface area contributed by atoms with Crippen LogP contribution in [0.2, 0.25) is 0 Å². The Hall–Kier alpha value is -1.48. The fourth-order valence-corrected chi connectivity index (χ4v) is 5.17. The zero-order valence-corrected chi connectivity index (χ0v) is 20.0. The molecule has 190 valence electrons. The first-order valence-corrected chi connectivity index (χ1v) is 12.0. The minimum Gasteiger partial charge on any atom is -0.469 e. The van der Waals surface area contributed by atoms with Gasteiger partial charge in [-0.15, -0.1) is 0 Å². The zero-order chi connectivity index (χ0) is 27.4. The Morgan fingerprint density at radius 1 is 1.24 bits per heavy atom. The normalized spacial score (nSPS) is 36.2. The van der Waals surface area contributed by atoms with Crippen LogP contribution < -0.4 is 0 Å². The third-order valence-corrected chi connectivity index (χ3v) is 7.48. The maximum atomic E-state index is 12.6. The molecule has 1 fully saturated rings. The maximum Gasteiger partial charge on any atom is 0.308 e. The highest BCUT2D eigenvalue weighted by atomic mass is 16.5. The number of carbonyl (C=O) groups excluding carboxylic acids is 2. The van der Waals surface area contributed by atoms with E-state index in [0.717, 1.165) is 0 Å². The Balaban J connectivity index is 2.10. The third-order valence-electron chi connectivity index (χ3n) is 7.48. The molecule has 2 aliphatic carbocycles. The molecule has 0 radical (unpaired) electrons. The highest BCUT2D eigenvalue weighted by molar-refractivity contribution is 5.72. The van der Waals surface area contributed by atoms with Crippen molar-refractivity contribution in [2.75, 3.05) is 7.04 Å². The predicted molar refractivity (Wildman–Crippen MR) is 122 cm³/mol. The molecule has 8 heteroatoms. The highest BCUT2D eigenvalue weighted by Crippen LogP contribution is 2.48. The molecular weight excluding hydrogens is 428 g/mol. The largest absolute Gasteiger partial charge is 0.469 e. The van der Waals surface area contributed by atoms with E-state index in [1.165, 1.54) is 0 Å². The molecule has 0 aliphatic heterocycles. The van der Waals surface area contributed by atoms with Gasteiger partial charge in [0, 0.05) is 5.92 Å². The van der Waals surface area contributed by atoms with Crippen molar-refractivity contribution >= 4 is 11.9 Å². The van der Waals surface area contributed by atoms with Gasteiger partial charge >= 0.3 is 11.9 Å². The van der Waals surface area contributed by atoms with Gasteiger partial charge in [-0.3, -0.25) is 9.59 Å². The van der Waals surface area contributed by atoms with Gasteiger partial charge in [-0.1, -0.05) is 33.8 Å². The summed E-state index contributed by atoms with van der Waals surface area (Å²) in [7, 11) is -2.89. The van der Waals surface area contributed by atoms with Crippen LogP contribution in [0.25, 0.3) is 0 Å². The van der Waals surface area contributed by atoms with Crippen LogP contribution in [0.5, 0.6) is 0 Å². The van der Waals surface area contributed by atoms with E-state index in [-0.39, 0.29) is 48.4 Å². The second-order valence-electron chi connectivity index (χ2n) is 9.95. The van der Waals surface area contributed by atoms with Crippen LogP contribution in [0, 0.1) is 29.6 Å². The first-order valence-electron chi connectivity index (χ1n) is 13.5. The van der Waals surface area contributed by atoms with Crippen LogP contribution in [-0.2, 0) is 19.1 Å². The zero-order valence-electron chi connectivity index (χ0n) is 23.0. The van der Waals surface area contributed by atoms with Gasteiger partial charge in [0.1, 0.15) is 6.10 Å². The number of ether oxygens (including phenoxy) is 2. The molecule has 0 saturated heterocycles. The highest BCUT2D eigenvalue weighted by Gasteiger charge is 2.49. The van der Waals surface area contributed by atoms with Crippen molar-refractivity contribution in [2.45, 2.75) is 96.7 Å². The molecule has 0 amide bonds. The number of aliphatic hydroxyl groups is 4. The van der Waals surface area contributed by atoms with Gasteiger partial charge in [0.2, 0.25) is 0 Å². The van der Waals surface area contributed by atoms with E-state index in [0.29, 0.717) is 24.8 Å². The van der Waals surface area contributed by atoms with E-state index in [9.17, 15) is 30.0 Å². The van der Waals surface area contributed by atoms with Crippen molar-refractivity contribution in [1.82, 2.24) is 0 Å². The molecule has 0 heterocycles. The number of esters is 2. The summed E-state index contributed by atoms with van der Waals surface area (Å²) in [5, 5.41) is 42.2. The summed E-state index contributed by atoms with van der Waals surface area (Å²) in [5.41, 5.74) is 0.660. The maximum absolute atomic E-state index is 12.6. The number of hydrogen-bond donors (Lipinski definition) is 4. The van der Waals surface area contributed by atoms with Crippen molar-refractivity contribution in [3.63, 3.8) is 0 Å². The topological polar surface area (TPSA) is 134 Å². The molecular formula is C25H42O8. The van der Waals surface area contributed by atoms with Gasteiger partial charge in [-0.25, -0.2) is 0 Å². The molecule has 10 atom stereocenters. The van der Waals surface area contributed by atoms with Crippen LogP contribution in [-0.4, -0.2) is 69.9 Å². The lowest BCUT2D eigenvalue weighted by Crippen LogP contribution is -2.51. The Morgan fingerprint density at radius 2 is 1.94 bits per heavy atom. The minimum absolute atomic E-state index is 0.154. The molecule has 4 N–H and O–H groups in total. The Bertz CT molecular complexity index is 786. The molecule has 8 nitrogen and oxygen atoms in total. The molecule has 1 saturated carbocycles. The van der Waals surface area contributed by atoms with E-state index in [4.69, 9.17) is 8.85 Å². The van der Waals surface area contributed by atoms with E-state index < -0.39 is 49.9 Å². The molecule has 0 aromatic rings. The van der Waals surface area contributed by atoms with Crippen LogP contribution in [0.3, 0.4) is 0 Å². The average molecular weight is 474 g/mol. The fraction of sp³-hybridized carbons (Fsp3) is 0.840. The van der Waals surface area contributed by atoms with Gasteiger partial charge in [-0.05, 0) is 55.4 Å². The molecule has 0 unspecified atom stereocenters. The summed E-state index contributed by atoms with van der Waals surface area (Å²) >= 11 is 0. The first kappa shape index (κ1) is 23.3. The average Bonchev–Trinajstić information content (AvgIpc) is 2.75. The van der Waals surface area contributed by atoms with Crippen molar-refractivity contribution in [3.05, 3.63) is 11.6 Å². The van der Waals surface area contributed by atoms with Gasteiger partial charge in [0.25, 0.3) is 0 Å². The SMILES string of the molecule is [2H]C([2H])([2H])OC(=O)C[C@H](O)C[C@H](O)CC[C@H]1[C@@H](C)[C@H](O)C=C2[C@@H]1[C@@H](OC(=O)[C@@H](C)CC)C[C@@H](C)[C@@H]2O. The second-order valence-corrected chi connectivity index (χ2v) is 9.95. The summed E-state index contributed by atoms with van der Waals surface area (Å²) in [6, 6.07) is 0. The molecule has 0 bridgehead atoms. The smallest absolute Gasteiger partial charge is 0.308 e. The number of aliphatic hydroxyl groups excluding tert-OH is 4. The Morgan fingerprint density at radius 3 is 2.58 bits per heavy atom. The molecule has 33 heavy (non-hydrogen) atoms. The summed E-state index contributed by atoms with van der Waals surface area (Å²) in [6.07, 6.45) is -1.56. The van der Waals surface area contributed by atoms with E-state index in [1.807, 2.05) is 20.8 Å². The minimum atomic E-state index is -2.89. The van der Waals surface area contributed by atoms with Crippen LogP contribution in [0.4, 0.5) is 0 Å².